The van der Waals surface area contributed by atoms with E-state index < -0.39 is 0 Å². The van der Waals surface area contributed by atoms with E-state index in [0.717, 1.165) is 24.3 Å². The highest BCUT2D eigenvalue weighted by molar-refractivity contribution is 7.98. The molecule has 0 heterocycles. The van der Waals surface area contributed by atoms with E-state index in [9.17, 15) is 0 Å². The zero-order chi connectivity index (χ0) is 12.6. The SMILES string of the molecule is CC1CCCCC1NCCSCc1ccccc1. The molecule has 1 N–H and O–H groups in total. The highest BCUT2D eigenvalue weighted by Gasteiger charge is 2.19. The van der Waals surface area contributed by atoms with Crippen molar-refractivity contribution in [2.75, 3.05) is 12.3 Å². The normalized spacial score (nSPS) is 24.1. The second-order valence-electron chi connectivity index (χ2n) is 5.36. The number of rotatable bonds is 6. The highest BCUT2D eigenvalue weighted by Crippen LogP contribution is 2.23. The molecule has 0 aromatic heterocycles. The molecule has 2 unspecified atom stereocenters. The van der Waals surface area contributed by atoms with Gasteiger partial charge in [-0.15, -0.1) is 0 Å². The fourth-order valence-corrected chi connectivity index (χ4v) is 3.53. The Morgan fingerprint density at radius 1 is 1.17 bits per heavy atom. The first-order chi connectivity index (χ1) is 8.86. The molecule has 1 aliphatic carbocycles. The van der Waals surface area contributed by atoms with Crippen LogP contribution in [0.25, 0.3) is 0 Å². The third-order valence-corrected chi connectivity index (χ3v) is 4.91. The summed E-state index contributed by atoms with van der Waals surface area (Å²) in [5, 5.41) is 3.74. The van der Waals surface area contributed by atoms with Crippen molar-refractivity contribution in [3.63, 3.8) is 0 Å². The van der Waals surface area contributed by atoms with Gasteiger partial charge in [-0.3, -0.25) is 0 Å². The minimum Gasteiger partial charge on any atom is -0.313 e. The Hall–Kier alpha value is -0.470. The summed E-state index contributed by atoms with van der Waals surface area (Å²) in [7, 11) is 0. The van der Waals surface area contributed by atoms with Crippen LogP contribution in [0.3, 0.4) is 0 Å². The summed E-state index contributed by atoms with van der Waals surface area (Å²) in [4.78, 5) is 0. The van der Waals surface area contributed by atoms with Crippen LogP contribution in [-0.4, -0.2) is 18.3 Å². The molecule has 2 heteroatoms. The van der Waals surface area contributed by atoms with E-state index >= 15 is 0 Å². The molecule has 0 bridgehead atoms. The molecule has 1 fully saturated rings. The van der Waals surface area contributed by atoms with Crippen LogP contribution >= 0.6 is 11.8 Å². The van der Waals surface area contributed by atoms with Crippen LogP contribution in [0.1, 0.15) is 38.2 Å². The second kappa shape index (κ2) is 7.85. The van der Waals surface area contributed by atoms with Crippen LogP contribution in [0.2, 0.25) is 0 Å². The molecule has 0 aliphatic heterocycles. The van der Waals surface area contributed by atoms with Gasteiger partial charge >= 0.3 is 0 Å². The third kappa shape index (κ3) is 4.66. The molecular weight excluding hydrogens is 238 g/mol. The Bertz CT molecular complexity index is 325. The number of hydrogen-bond acceptors (Lipinski definition) is 2. The van der Waals surface area contributed by atoms with Gasteiger partial charge in [-0.1, -0.05) is 50.1 Å². The standard InChI is InChI=1S/C16H25NS/c1-14-7-5-6-10-16(14)17-11-12-18-13-15-8-3-2-4-9-15/h2-4,8-9,14,16-17H,5-7,10-13H2,1H3. The number of nitrogens with one attached hydrogen (secondary N) is 1. The minimum absolute atomic E-state index is 0.774. The van der Waals surface area contributed by atoms with Crippen molar-refractivity contribution in [2.45, 2.75) is 44.4 Å². The topological polar surface area (TPSA) is 12.0 Å². The van der Waals surface area contributed by atoms with Crippen LogP contribution in [0.15, 0.2) is 30.3 Å². The first-order valence-corrected chi connectivity index (χ1v) is 8.37. The maximum absolute atomic E-state index is 3.74. The van der Waals surface area contributed by atoms with E-state index in [1.165, 1.54) is 37.0 Å². The Labute approximate surface area is 116 Å². The first kappa shape index (κ1) is 14.0. The quantitative estimate of drug-likeness (QED) is 0.776. The van der Waals surface area contributed by atoms with E-state index in [2.05, 4.69) is 42.6 Å². The number of benzene rings is 1. The zero-order valence-electron chi connectivity index (χ0n) is 11.4. The largest absolute Gasteiger partial charge is 0.313 e. The molecule has 1 nitrogen and oxygen atoms in total. The second-order valence-corrected chi connectivity index (χ2v) is 6.47. The van der Waals surface area contributed by atoms with Gasteiger partial charge in [-0.25, -0.2) is 0 Å². The van der Waals surface area contributed by atoms with Crippen molar-refractivity contribution in [3.8, 4) is 0 Å². The van der Waals surface area contributed by atoms with Crippen molar-refractivity contribution in [3.05, 3.63) is 35.9 Å². The van der Waals surface area contributed by atoms with Crippen molar-refractivity contribution >= 4 is 11.8 Å². The van der Waals surface area contributed by atoms with E-state index in [0.29, 0.717) is 0 Å². The first-order valence-electron chi connectivity index (χ1n) is 7.21. The monoisotopic (exact) mass is 263 g/mol. The van der Waals surface area contributed by atoms with Crippen molar-refractivity contribution in [2.24, 2.45) is 5.92 Å². The van der Waals surface area contributed by atoms with Crippen molar-refractivity contribution in [1.29, 1.82) is 0 Å². The Morgan fingerprint density at radius 2 is 1.94 bits per heavy atom. The fourth-order valence-electron chi connectivity index (χ4n) is 2.70. The Balaban J connectivity index is 1.56. The van der Waals surface area contributed by atoms with Gasteiger partial charge in [0.15, 0.2) is 0 Å². The van der Waals surface area contributed by atoms with Gasteiger partial charge in [0.1, 0.15) is 0 Å². The van der Waals surface area contributed by atoms with Gasteiger partial charge in [-0.05, 0) is 24.3 Å². The summed E-state index contributed by atoms with van der Waals surface area (Å²) in [6.45, 7) is 3.56. The molecular formula is C16H25NS. The lowest BCUT2D eigenvalue weighted by Crippen LogP contribution is -2.38. The molecule has 1 saturated carbocycles. The molecule has 0 radical (unpaired) electrons. The fraction of sp³-hybridized carbons (Fsp3) is 0.625. The van der Waals surface area contributed by atoms with Crippen molar-refractivity contribution < 1.29 is 0 Å². The molecule has 0 saturated heterocycles. The summed E-state index contributed by atoms with van der Waals surface area (Å²) in [6, 6.07) is 11.5. The Morgan fingerprint density at radius 3 is 2.72 bits per heavy atom. The van der Waals surface area contributed by atoms with Gasteiger partial charge in [0.2, 0.25) is 0 Å². The van der Waals surface area contributed by atoms with Gasteiger partial charge in [0, 0.05) is 24.1 Å². The molecule has 1 aliphatic rings. The lowest BCUT2D eigenvalue weighted by molar-refractivity contribution is 0.285. The summed E-state index contributed by atoms with van der Waals surface area (Å²) in [5.74, 6) is 3.23. The maximum atomic E-state index is 3.74. The molecule has 18 heavy (non-hydrogen) atoms. The molecule has 1 aromatic carbocycles. The molecule has 1 aromatic rings. The van der Waals surface area contributed by atoms with Crippen LogP contribution in [0.5, 0.6) is 0 Å². The average Bonchev–Trinajstić information content (AvgIpc) is 2.42. The van der Waals surface area contributed by atoms with Gasteiger partial charge in [0.25, 0.3) is 0 Å². The van der Waals surface area contributed by atoms with Crippen LogP contribution in [-0.2, 0) is 5.75 Å². The van der Waals surface area contributed by atoms with E-state index in [1.54, 1.807) is 0 Å². The smallest absolute Gasteiger partial charge is 0.0185 e. The van der Waals surface area contributed by atoms with Gasteiger partial charge in [-0.2, -0.15) is 11.8 Å². The predicted molar refractivity (Wildman–Crippen MR) is 82.0 cm³/mol. The third-order valence-electron chi connectivity index (χ3n) is 3.88. The molecule has 2 rings (SSSR count). The number of thioether (sulfide) groups is 1. The number of hydrogen-bond donors (Lipinski definition) is 1. The van der Waals surface area contributed by atoms with Crippen LogP contribution < -0.4 is 5.32 Å². The van der Waals surface area contributed by atoms with Crippen molar-refractivity contribution in [1.82, 2.24) is 5.32 Å². The summed E-state index contributed by atoms with van der Waals surface area (Å²) in [5.41, 5.74) is 1.44. The molecule has 2 atom stereocenters. The minimum atomic E-state index is 0.774. The highest BCUT2D eigenvalue weighted by atomic mass is 32.2. The predicted octanol–water partition coefficient (Wildman–Crippen LogP) is 4.09. The maximum Gasteiger partial charge on any atom is 0.0185 e. The Kier molecular flexibility index (Phi) is 6.09. The summed E-state index contributed by atoms with van der Waals surface area (Å²) >= 11 is 2.03. The van der Waals surface area contributed by atoms with Gasteiger partial charge in [0.05, 0.1) is 0 Å². The van der Waals surface area contributed by atoms with Crippen LogP contribution in [0.4, 0.5) is 0 Å². The van der Waals surface area contributed by atoms with E-state index in [-0.39, 0.29) is 0 Å². The summed E-state index contributed by atoms with van der Waals surface area (Å²) in [6.07, 6.45) is 5.64. The van der Waals surface area contributed by atoms with E-state index in [4.69, 9.17) is 0 Å². The van der Waals surface area contributed by atoms with E-state index in [1.807, 2.05) is 11.8 Å². The lowest BCUT2D eigenvalue weighted by Gasteiger charge is -2.29. The average molecular weight is 263 g/mol. The zero-order valence-corrected chi connectivity index (χ0v) is 12.2. The molecule has 0 amide bonds. The van der Waals surface area contributed by atoms with Gasteiger partial charge < -0.3 is 5.32 Å². The van der Waals surface area contributed by atoms with Crippen LogP contribution in [0, 0.1) is 5.92 Å². The lowest BCUT2D eigenvalue weighted by atomic mass is 9.86. The molecule has 0 spiro atoms. The summed E-state index contributed by atoms with van der Waals surface area (Å²) < 4.78 is 0. The molecule has 100 valence electrons.